The van der Waals surface area contributed by atoms with E-state index in [0.717, 1.165) is 24.1 Å². The summed E-state index contributed by atoms with van der Waals surface area (Å²) in [5.74, 6) is -0.652. The lowest BCUT2D eigenvalue weighted by Crippen LogP contribution is -2.36. The third-order valence-corrected chi connectivity index (χ3v) is 4.70. The van der Waals surface area contributed by atoms with E-state index in [9.17, 15) is 19.8 Å². The van der Waals surface area contributed by atoms with Crippen LogP contribution in [0.4, 0.5) is 5.69 Å². The van der Waals surface area contributed by atoms with Crippen LogP contribution in [0.5, 0.6) is 11.5 Å². The molecule has 0 aromatic heterocycles. The van der Waals surface area contributed by atoms with Crippen molar-refractivity contribution in [3.05, 3.63) is 53.6 Å². The maximum absolute atomic E-state index is 12.6. The zero-order valence-corrected chi connectivity index (χ0v) is 15.7. The number of nitrogens with zero attached hydrogens (tertiary/aromatic N) is 2. The number of hydrazone groups is 1. The van der Waals surface area contributed by atoms with Crippen molar-refractivity contribution in [3.8, 4) is 11.5 Å². The fourth-order valence-corrected chi connectivity index (χ4v) is 3.24. The lowest BCUT2D eigenvalue weighted by molar-refractivity contribution is -0.125. The molecule has 1 aliphatic rings. The molecule has 7 nitrogen and oxygen atoms in total. The molecule has 1 heterocycles. The highest BCUT2D eigenvalue weighted by Crippen LogP contribution is 2.27. The minimum atomic E-state index is -0.378. The Labute approximate surface area is 163 Å². The van der Waals surface area contributed by atoms with Crippen molar-refractivity contribution in [2.24, 2.45) is 5.10 Å². The summed E-state index contributed by atoms with van der Waals surface area (Å²) in [6.45, 7) is 2.29. The van der Waals surface area contributed by atoms with E-state index in [-0.39, 0.29) is 36.2 Å². The minimum absolute atomic E-state index is 0.0237. The van der Waals surface area contributed by atoms with Crippen molar-refractivity contribution >= 4 is 23.2 Å². The summed E-state index contributed by atoms with van der Waals surface area (Å²) in [5, 5.41) is 23.1. The Kier molecular flexibility index (Phi) is 5.93. The third kappa shape index (κ3) is 4.49. The van der Waals surface area contributed by atoms with Crippen molar-refractivity contribution in [3.63, 3.8) is 0 Å². The summed E-state index contributed by atoms with van der Waals surface area (Å²) < 4.78 is 0. The quantitative estimate of drug-likeness (QED) is 0.547. The van der Waals surface area contributed by atoms with Crippen LogP contribution in [-0.4, -0.2) is 34.3 Å². The average Bonchev–Trinajstić information content (AvgIpc) is 2.69. The van der Waals surface area contributed by atoms with E-state index in [1.165, 1.54) is 18.2 Å². The predicted octanol–water partition coefficient (Wildman–Crippen LogP) is 2.70. The summed E-state index contributed by atoms with van der Waals surface area (Å²) >= 11 is 0. The lowest BCUT2D eigenvalue weighted by Gasteiger charge is -2.29. The van der Waals surface area contributed by atoms with Gasteiger partial charge in [0.2, 0.25) is 11.8 Å². The first kappa shape index (κ1) is 19.4. The summed E-state index contributed by atoms with van der Waals surface area (Å²) in [4.78, 5) is 26.4. The third-order valence-electron chi connectivity index (χ3n) is 4.70. The van der Waals surface area contributed by atoms with Crippen LogP contribution in [0.2, 0.25) is 0 Å². The SMILES string of the molecule is CC(=NNC(=O)CCC(=O)N1CCCc2ccccc21)c1ccc(O)cc1O. The number of fused-ring (bicyclic) bond motifs is 1. The Morgan fingerprint density at radius 1 is 1.14 bits per heavy atom. The van der Waals surface area contributed by atoms with Crippen LogP contribution in [0, 0.1) is 0 Å². The number of carbonyl (C=O) groups excluding carboxylic acids is 2. The number of phenols is 2. The number of nitrogens with one attached hydrogen (secondary N) is 1. The molecular weight excluding hydrogens is 358 g/mol. The first-order valence-electron chi connectivity index (χ1n) is 9.19. The molecule has 28 heavy (non-hydrogen) atoms. The van der Waals surface area contributed by atoms with Crippen LogP contribution in [0.25, 0.3) is 0 Å². The Morgan fingerprint density at radius 3 is 2.71 bits per heavy atom. The van der Waals surface area contributed by atoms with Gasteiger partial charge in [0.1, 0.15) is 11.5 Å². The molecule has 0 fully saturated rings. The fourth-order valence-electron chi connectivity index (χ4n) is 3.24. The van der Waals surface area contributed by atoms with E-state index in [4.69, 9.17) is 0 Å². The molecule has 3 rings (SSSR count). The maximum Gasteiger partial charge on any atom is 0.240 e. The van der Waals surface area contributed by atoms with Gasteiger partial charge >= 0.3 is 0 Å². The summed E-state index contributed by atoms with van der Waals surface area (Å²) in [6, 6.07) is 12.0. The highest BCUT2D eigenvalue weighted by Gasteiger charge is 2.22. The van der Waals surface area contributed by atoms with Crippen LogP contribution >= 0.6 is 0 Å². The number of rotatable bonds is 5. The van der Waals surface area contributed by atoms with Gasteiger partial charge in [-0.1, -0.05) is 18.2 Å². The molecule has 3 N–H and O–H groups in total. The molecule has 0 aliphatic carbocycles. The molecule has 146 valence electrons. The zero-order chi connectivity index (χ0) is 20.1. The largest absolute Gasteiger partial charge is 0.508 e. The molecule has 0 bridgehead atoms. The van der Waals surface area contributed by atoms with E-state index in [1.54, 1.807) is 11.8 Å². The van der Waals surface area contributed by atoms with Crippen LogP contribution in [-0.2, 0) is 16.0 Å². The molecule has 0 atom stereocenters. The summed E-state index contributed by atoms with van der Waals surface area (Å²) in [6.07, 6.45) is 1.99. The first-order chi connectivity index (χ1) is 13.5. The van der Waals surface area contributed by atoms with E-state index in [2.05, 4.69) is 10.5 Å². The van der Waals surface area contributed by atoms with E-state index < -0.39 is 0 Å². The molecule has 0 unspecified atom stereocenters. The van der Waals surface area contributed by atoms with Crippen LogP contribution in [0.15, 0.2) is 47.6 Å². The molecule has 0 saturated heterocycles. The smallest absolute Gasteiger partial charge is 0.240 e. The molecule has 0 saturated carbocycles. The van der Waals surface area contributed by atoms with Gasteiger partial charge in [-0.3, -0.25) is 9.59 Å². The van der Waals surface area contributed by atoms with Gasteiger partial charge in [0.15, 0.2) is 0 Å². The number of para-hydroxylation sites is 1. The highest BCUT2D eigenvalue weighted by atomic mass is 16.3. The number of hydrogen-bond acceptors (Lipinski definition) is 5. The van der Waals surface area contributed by atoms with Gasteiger partial charge in [-0.15, -0.1) is 0 Å². The van der Waals surface area contributed by atoms with Gasteiger partial charge in [0, 0.05) is 36.7 Å². The second kappa shape index (κ2) is 8.56. The van der Waals surface area contributed by atoms with Gasteiger partial charge < -0.3 is 15.1 Å². The van der Waals surface area contributed by atoms with Crippen molar-refractivity contribution in [2.75, 3.05) is 11.4 Å². The Bertz CT molecular complexity index is 924. The van der Waals surface area contributed by atoms with Crippen molar-refractivity contribution in [2.45, 2.75) is 32.6 Å². The van der Waals surface area contributed by atoms with Crippen molar-refractivity contribution in [1.29, 1.82) is 0 Å². The number of carbonyl (C=O) groups is 2. The highest BCUT2D eigenvalue weighted by molar-refractivity contribution is 6.02. The van der Waals surface area contributed by atoms with Gasteiger partial charge in [-0.2, -0.15) is 5.10 Å². The molecule has 2 amide bonds. The molecule has 2 aromatic carbocycles. The fraction of sp³-hybridized carbons (Fsp3) is 0.286. The van der Waals surface area contributed by atoms with Gasteiger partial charge in [-0.25, -0.2) is 5.43 Å². The Hall–Kier alpha value is -3.35. The lowest BCUT2D eigenvalue weighted by atomic mass is 10.0. The normalized spacial score (nSPS) is 13.8. The number of anilines is 1. The first-order valence-corrected chi connectivity index (χ1v) is 9.19. The number of benzene rings is 2. The van der Waals surface area contributed by atoms with Crippen LogP contribution in [0.3, 0.4) is 0 Å². The van der Waals surface area contributed by atoms with Crippen LogP contribution < -0.4 is 10.3 Å². The number of aromatic hydroxyl groups is 2. The summed E-state index contributed by atoms with van der Waals surface area (Å²) in [5.41, 5.74) is 5.28. The second-order valence-electron chi connectivity index (χ2n) is 6.71. The second-order valence-corrected chi connectivity index (χ2v) is 6.71. The minimum Gasteiger partial charge on any atom is -0.508 e. The topological polar surface area (TPSA) is 102 Å². The molecule has 2 aromatic rings. The molecule has 0 spiro atoms. The Morgan fingerprint density at radius 2 is 1.93 bits per heavy atom. The van der Waals surface area contributed by atoms with E-state index in [1.807, 2.05) is 24.3 Å². The number of hydrogen-bond donors (Lipinski definition) is 3. The van der Waals surface area contributed by atoms with Crippen molar-refractivity contribution in [1.82, 2.24) is 5.43 Å². The Balaban J connectivity index is 1.55. The maximum atomic E-state index is 12.6. The zero-order valence-electron chi connectivity index (χ0n) is 15.7. The molecule has 0 radical (unpaired) electrons. The number of amides is 2. The molecule has 7 heteroatoms. The molecule has 1 aliphatic heterocycles. The van der Waals surface area contributed by atoms with E-state index >= 15 is 0 Å². The average molecular weight is 381 g/mol. The van der Waals surface area contributed by atoms with Gasteiger partial charge in [-0.05, 0) is 43.5 Å². The standard InChI is InChI=1S/C21H23N3O4/c1-14(17-9-8-16(25)13-19(17)26)22-23-20(27)10-11-21(28)24-12-4-6-15-5-2-3-7-18(15)24/h2-3,5,7-9,13,25-26H,4,6,10-12H2,1H3,(H,23,27). The number of phenolic OH excluding ortho intramolecular Hbond substituents is 2. The number of aryl methyl sites for hydroxylation is 1. The van der Waals surface area contributed by atoms with E-state index in [0.29, 0.717) is 17.8 Å². The van der Waals surface area contributed by atoms with Crippen LogP contribution in [0.1, 0.15) is 37.3 Å². The van der Waals surface area contributed by atoms with Gasteiger partial charge in [0.05, 0.1) is 5.71 Å². The van der Waals surface area contributed by atoms with Crippen molar-refractivity contribution < 1.29 is 19.8 Å². The monoisotopic (exact) mass is 381 g/mol. The predicted molar refractivity (Wildman–Crippen MR) is 106 cm³/mol. The molecular formula is C21H23N3O4. The summed E-state index contributed by atoms with van der Waals surface area (Å²) in [7, 11) is 0. The van der Waals surface area contributed by atoms with Gasteiger partial charge in [0.25, 0.3) is 0 Å².